The van der Waals surface area contributed by atoms with E-state index >= 15 is 0 Å². The fourth-order valence-electron chi connectivity index (χ4n) is 3.74. The van der Waals surface area contributed by atoms with E-state index in [2.05, 4.69) is 10.3 Å². The summed E-state index contributed by atoms with van der Waals surface area (Å²) in [5.41, 5.74) is 0.772. The topological polar surface area (TPSA) is 102 Å². The molecule has 1 aliphatic carbocycles. The van der Waals surface area contributed by atoms with Crippen molar-refractivity contribution in [2.24, 2.45) is 5.92 Å². The zero-order chi connectivity index (χ0) is 21.7. The number of carbonyl (C=O) groups is 2. The lowest BCUT2D eigenvalue weighted by Gasteiger charge is -2.20. The van der Waals surface area contributed by atoms with Crippen molar-refractivity contribution >= 4 is 38.2 Å². The molecule has 3 rings (SSSR count). The number of sulfone groups is 1. The number of rotatable bonds is 8. The van der Waals surface area contributed by atoms with Crippen LogP contribution in [0.15, 0.2) is 35.4 Å². The van der Waals surface area contributed by atoms with Crippen LogP contribution in [0.25, 0.3) is 0 Å². The normalized spacial score (nSPS) is 15.7. The third kappa shape index (κ3) is 5.66. The van der Waals surface area contributed by atoms with Gasteiger partial charge in [0, 0.05) is 6.26 Å². The van der Waals surface area contributed by atoms with Gasteiger partial charge in [0.25, 0.3) is 0 Å². The molecule has 1 N–H and O–H groups in total. The monoisotopic (exact) mass is 450 g/mol. The molecule has 1 aromatic carbocycles. The molecule has 7 nitrogen and oxygen atoms in total. The van der Waals surface area contributed by atoms with E-state index in [4.69, 9.17) is 4.74 Å². The number of esters is 1. The Morgan fingerprint density at radius 2 is 1.90 bits per heavy atom. The molecule has 1 atom stereocenters. The van der Waals surface area contributed by atoms with E-state index in [0.717, 1.165) is 36.0 Å². The highest BCUT2D eigenvalue weighted by Crippen LogP contribution is 2.35. The number of nitrogens with zero attached hydrogens (tertiary/aromatic N) is 1. The lowest BCUT2D eigenvalue weighted by atomic mass is 9.87. The second kappa shape index (κ2) is 9.70. The molecule has 1 saturated carbocycles. The minimum absolute atomic E-state index is 0.209. The Balaban J connectivity index is 1.79. The number of carbonyl (C=O) groups excluding carboxylic acids is 2. The number of hydrogen-bond acceptors (Lipinski definition) is 7. The Hall–Kier alpha value is -2.26. The van der Waals surface area contributed by atoms with Gasteiger partial charge >= 0.3 is 5.97 Å². The number of aromatic nitrogens is 1. The van der Waals surface area contributed by atoms with Crippen LogP contribution in [0, 0.1) is 5.92 Å². The maximum absolute atomic E-state index is 13.1. The molecule has 0 radical (unpaired) electrons. The second-order valence-electron chi connectivity index (χ2n) is 7.52. The van der Waals surface area contributed by atoms with Crippen LogP contribution in [-0.2, 0) is 19.4 Å². The molecular weight excluding hydrogens is 424 g/mol. The van der Waals surface area contributed by atoms with Crippen LogP contribution in [0.4, 0.5) is 5.13 Å². The highest BCUT2D eigenvalue weighted by molar-refractivity contribution is 7.90. The summed E-state index contributed by atoms with van der Waals surface area (Å²) in [4.78, 5) is 29.6. The van der Waals surface area contributed by atoms with E-state index in [9.17, 15) is 18.0 Å². The van der Waals surface area contributed by atoms with Crippen molar-refractivity contribution in [3.8, 4) is 0 Å². The standard InChI is InChI=1S/C21H26N2O5S2/c1-3-28-20(25)18-13-22-21(29-18)23-19(24)17(12-14-6-4-5-7-14)15-8-10-16(11-9-15)30(2,26)27/h8-11,13-14,17H,3-7,12H2,1-2H3,(H,22,23,24). The fourth-order valence-corrected chi connectivity index (χ4v) is 5.09. The number of amides is 1. The van der Waals surface area contributed by atoms with E-state index in [1.807, 2.05) is 0 Å². The van der Waals surface area contributed by atoms with Crippen molar-refractivity contribution < 1.29 is 22.7 Å². The Kier molecular flexibility index (Phi) is 7.25. The molecule has 0 saturated heterocycles. The van der Waals surface area contributed by atoms with E-state index in [0.29, 0.717) is 22.3 Å². The van der Waals surface area contributed by atoms with E-state index in [1.54, 1.807) is 31.2 Å². The Labute approximate surface area is 180 Å². The summed E-state index contributed by atoms with van der Waals surface area (Å²) in [5.74, 6) is -0.633. The highest BCUT2D eigenvalue weighted by Gasteiger charge is 2.28. The van der Waals surface area contributed by atoms with Gasteiger partial charge in [-0.15, -0.1) is 0 Å². The summed E-state index contributed by atoms with van der Waals surface area (Å²) in [7, 11) is -3.30. The van der Waals surface area contributed by atoms with Crippen molar-refractivity contribution in [2.75, 3.05) is 18.2 Å². The second-order valence-corrected chi connectivity index (χ2v) is 10.6. The number of hydrogen-bond donors (Lipinski definition) is 1. The molecule has 0 aliphatic heterocycles. The largest absolute Gasteiger partial charge is 0.462 e. The van der Waals surface area contributed by atoms with Crippen LogP contribution in [0.5, 0.6) is 0 Å². The average molecular weight is 451 g/mol. The lowest BCUT2D eigenvalue weighted by molar-refractivity contribution is -0.118. The van der Waals surface area contributed by atoms with Crippen molar-refractivity contribution in [3.05, 3.63) is 40.9 Å². The first-order valence-electron chi connectivity index (χ1n) is 10.0. The number of anilines is 1. The zero-order valence-electron chi connectivity index (χ0n) is 17.1. The van der Waals surface area contributed by atoms with E-state index in [-0.39, 0.29) is 17.4 Å². The number of thiazole rings is 1. The van der Waals surface area contributed by atoms with E-state index < -0.39 is 21.7 Å². The maximum atomic E-state index is 13.1. The SMILES string of the molecule is CCOC(=O)c1cnc(NC(=O)C(CC2CCCC2)c2ccc(S(C)(=O)=O)cc2)s1. The minimum atomic E-state index is -3.30. The molecule has 1 aliphatic rings. The van der Waals surface area contributed by atoms with Gasteiger partial charge in [-0.1, -0.05) is 49.2 Å². The van der Waals surface area contributed by atoms with Gasteiger partial charge in [0.1, 0.15) is 4.88 Å². The predicted molar refractivity (Wildman–Crippen MR) is 116 cm³/mol. The summed E-state index contributed by atoms with van der Waals surface area (Å²) < 4.78 is 28.5. The molecule has 1 heterocycles. The van der Waals surface area contributed by atoms with Crippen molar-refractivity contribution in [1.29, 1.82) is 0 Å². The maximum Gasteiger partial charge on any atom is 0.350 e. The van der Waals surface area contributed by atoms with Gasteiger partial charge in [-0.05, 0) is 37.0 Å². The van der Waals surface area contributed by atoms with E-state index in [1.165, 1.54) is 19.0 Å². The van der Waals surface area contributed by atoms with Gasteiger partial charge in [0.05, 0.1) is 23.6 Å². The minimum Gasteiger partial charge on any atom is -0.462 e. The van der Waals surface area contributed by atoms with Crippen LogP contribution >= 0.6 is 11.3 Å². The van der Waals surface area contributed by atoms with Crippen molar-refractivity contribution in [2.45, 2.75) is 49.8 Å². The molecule has 1 unspecified atom stereocenters. The third-order valence-corrected chi connectivity index (χ3v) is 7.30. The average Bonchev–Trinajstić information content (AvgIpc) is 3.37. The molecule has 1 fully saturated rings. The lowest BCUT2D eigenvalue weighted by Crippen LogP contribution is -2.23. The molecule has 0 spiro atoms. The number of ether oxygens (including phenoxy) is 1. The fraction of sp³-hybridized carbons (Fsp3) is 0.476. The Morgan fingerprint density at radius 3 is 2.50 bits per heavy atom. The van der Waals surface area contributed by atoms with Crippen LogP contribution < -0.4 is 5.32 Å². The zero-order valence-corrected chi connectivity index (χ0v) is 18.7. The molecule has 9 heteroatoms. The summed E-state index contributed by atoms with van der Waals surface area (Å²) in [6.07, 6.45) is 7.77. The van der Waals surface area contributed by atoms with Crippen molar-refractivity contribution in [3.63, 3.8) is 0 Å². The van der Waals surface area contributed by atoms with Gasteiger partial charge in [-0.3, -0.25) is 4.79 Å². The molecule has 1 amide bonds. The highest BCUT2D eigenvalue weighted by atomic mass is 32.2. The molecule has 162 valence electrons. The first-order valence-corrected chi connectivity index (χ1v) is 12.7. The third-order valence-electron chi connectivity index (χ3n) is 5.28. The summed E-state index contributed by atoms with van der Waals surface area (Å²) in [6.45, 7) is 2.00. The Morgan fingerprint density at radius 1 is 1.23 bits per heavy atom. The van der Waals surface area contributed by atoms with Gasteiger partial charge in [-0.2, -0.15) is 0 Å². The predicted octanol–water partition coefficient (Wildman–Crippen LogP) is 4.03. The van der Waals surface area contributed by atoms with Gasteiger partial charge in [-0.25, -0.2) is 18.2 Å². The van der Waals surface area contributed by atoms with Gasteiger partial charge in [0.2, 0.25) is 5.91 Å². The van der Waals surface area contributed by atoms with Crippen LogP contribution in [0.1, 0.15) is 60.2 Å². The molecule has 30 heavy (non-hydrogen) atoms. The molecule has 0 bridgehead atoms. The van der Waals surface area contributed by atoms with Crippen LogP contribution in [0.2, 0.25) is 0 Å². The molecule has 2 aromatic rings. The first kappa shape index (κ1) is 22.4. The summed E-state index contributed by atoms with van der Waals surface area (Å²) in [6, 6.07) is 6.51. The quantitative estimate of drug-likeness (QED) is 0.609. The summed E-state index contributed by atoms with van der Waals surface area (Å²) >= 11 is 1.07. The molecular formula is C21H26N2O5S2. The van der Waals surface area contributed by atoms with Gasteiger partial charge in [0.15, 0.2) is 15.0 Å². The Bertz CT molecular complexity index is 993. The smallest absolute Gasteiger partial charge is 0.350 e. The summed E-state index contributed by atoms with van der Waals surface area (Å²) in [5, 5.41) is 3.16. The van der Waals surface area contributed by atoms with Crippen LogP contribution in [-0.4, -0.2) is 38.1 Å². The first-order chi connectivity index (χ1) is 14.3. The molecule has 1 aromatic heterocycles. The van der Waals surface area contributed by atoms with Gasteiger partial charge < -0.3 is 10.1 Å². The van der Waals surface area contributed by atoms with Crippen molar-refractivity contribution in [1.82, 2.24) is 4.98 Å². The number of nitrogens with one attached hydrogen (secondary N) is 1. The van der Waals surface area contributed by atoms with Crippen LogP contribution in [0.3, 0.4) is 0 Å². The number of benzene rings is 1.